The van der Waals surface area contributed by atoms with Crippen molar-refractivity contribution in [1.82, 2.24) is 9.78 Å². The minimum Gasteiger partial charge on any atom is -0.396 e. The first-order chi connectivity index (χ1) is 7.11. The molecule has 1 N–H and O–H groups in total. The second-order valence-corrected chi connectivity index (χ2v) is 4.01. The van der Waals surface area contributed by atoms with E-state index >= 15 is 0 Å². The van der Waals surface area contributed by atoms with Gasteiger partial charge in [0, 0.05) is 6.61 Å². The number of nitrogens with zero attached hydrogens (tertiary/aromatic N) is 3. The quantitative estimate of drug-likeness (QED) is 0.598. The number of hydrogen-bond donors (Lipinski definition) is 1. The van der Waals surface area contributed by atoms with Crippen LogP contribution in [0.25, 0.3) is 0 Å². The van der Waals surface area contributed by atoms with Gasteiger partial charge in [-0.1, -0.05) is 0 Å². The van der Waals surface area contributed by atoms with Crippen molar-refractivity contribution in [3.8, 4) is 0 Å². The van der Waals surface area contributed by atoms with E-state index < -0.39 is 4.92 Å². The van der Waals surface area contributed by atoms with Gasteiger partial charge in [-0.25, -0.2) is 0 Å². The molecule has 82 valence electrons. The summed E-state index contributed by atoms with van der Waals surface area (Å²) in [6.45, 7) is 1.83. The normalized spacial score (nSPS) is 24.9. The maximum atomic E-state index is 10.6. The van der Waals surface area contributed by atoms with Crippen molar-refractivity contribution >= 4 is 5.69 Å². The Hall–Kier alpha value is -1.43. The van der Waals surface area contributed by atoms with Gasteiger partial charge in [-0.3, -0.25) is 14.8 Å². The van der Waals surface area contributed by atoms with Gasteiger partial charge in [0.05, 0.1) is 11.0 Å². The van der Waals surface area contributed by atoms with Crippen molar-refractivity contribution < 1.29 is 10.0 Å². The van der Waals surface area contributed by atoms with Crippen molar-refractivity contribution in [2.24, 2.45) is 5.92 Å². The van der Waals surface area contributed by atoms with Crippen LogP contribution in [-0.4, -0.2) is 26.4 Å². The molecule has 6 heteroatoms. The van der Waals surface area contributed by atoms with Crippen molar-refractivity contribution in [1.29, 1.82) is 0 Å². The van der Waals surface area contributed by atoms with E-state index in [2.05, 4.69) is 5.10 Å². The summed E-state index contributed by atoms with van der Waals surface area (Å²) in [4.78, 5) is 10.2. The largest absolute Gasteiger partial charge is 0.396 e. The van der Waals surface area contributed by atoms with Gasteiger partial charge in [-0.05, 0) is 25.7 Å². The molecule has 0 atom stereocenters. The Morgan fingerprint density at radius 2 is 2.40 bits per heavy atom. The van der Waals surface area contributed by atoms with Gasteiger partial charge in [0.1, 0.15) is 11.9 Å². The molecule has 0 bridgehead atoms. The molecule has 0 amide bonds. The minimum atomic E-state index is -0.416. The van der Waals surface area contributed by atoms with Crippen LogP contribution in [0.15, 0.2) is 6.20 Å². The molecule has 1 saturated carbocycles. The molecule has 1 aromatic heterocycles. The van der Waals surface area contributed by atoms with E-state index in [0.29, 0.717) is 11.6 Å². The van der Waals surface area contributed by atoms with E-state index in [9.17, 15) is 10.1 Å². The molecule has 1 aromatic rings. The number of nitro groups is 1. The van der Waals surface area contributed by atoms with Crippen LogP contribution in [0, 0.1) is 23.0 Å². The minimum absolute atomic E-state index is 0.0717. The summed E-state index contributed by atoms with van der Waals surface area (Å²) in [5.74, 6) is 0.332. The third-order valence-corrected chi connectivity index (χ3v) is 2.93. The molecule has 0 aliphatic heterocycles. The molecule has 15 heavy (non-hydrogen) atoms. The smallest absolute Gasteiger partial charge is 0.309 e. The van der Waals surface area contributed by atoms with Crippen LogP contribution < -0.4 is 0 Å². The van der Waals surface area contributed by atoms with Gasteiger partial charge in [0.2, 0.25) is 0 Å². The second-order valence-electron chi connectivity index (χ2n) is 4.01. The molecular formula is C9H13N3O3. The number of aliphatic hydroxyl groups is 1. The van der Waals surface area contributed by atoms with E-state index in [0.717, 1.165) is 12.8 Å². The predicted octanol–water partition coefficient (Wildman–Crippen LogP) is 1.04. The highest BCUT2D eigenvalue weighted by Crippen LogP contribution is 2.37. The van der Waals surface area contributed by atoms with E-state index in [1.54, 1.807) is 11.6 Å². The Labute approximate surface area is 86.7 Å². The molecule has 6 nitrogen and oxygen atoms in total. The van der Waals surface area contributed by atoms with Crippen LogP contribution in [-0.2, 0) is 0 Å². The topological polar surface area (TPSA) is 81.2 Å². The fourth-order valence-electron chi connectivity index (χ4n) is 1.90. The molecule has 0 unspecified atom stereocenters. The predicted molar refractivity (Wildman–Crippen MR) is 52.5 cm³/mol. The van der Waals surface area contributed by atoms with Crippen molar-refractivity contribution in [2.75, 3.05) is 6.61 Å². The fraction of sp³-hybridized carbons (Fsp3) is 0.667. The highest BCUT2D eigenvalue weighted by atomic mass is 16.6. The molecule has 1 aliphatic carbocycles. The standard InChI is InChI=1S/C9H13N3O3/c1-6-9(12(14)15)4-11(10-6)8-2-7(3-8)5-13/h4,7-8,13H,2-3,5H2,1H3/t7-,8-. The van der Waals surface area contributed by atoms with Gasteiger partial charge >= 0.3 is 5.69 Å². The average molecular weight is 211 g/mol. The van der Waals surface area contributed by atoms with Gasteiger partial charge in [-0.2, -0.15) is 5.10 Å². The third kappa shape index (κ3) is 1.72. The first-order valence-corrected chi connectivity index (χ1v) is 4.92. The van der Waals surface area contributed by atoms with Crippen LogP contribution in [0.2, 0.25) is 0 Å². The highest BCUT2D eigenvalue weighted by molar-refractivity contribution is 5.31. The lowest BCUT2D eigenvalue weighted by molar-refractivity contribution is -0.385. The first-order valence-electron chi connectivity index (χ1n) is 4.92. The summed E-state index contributed by atoms with van der Waals surface area (Å²) in [5.41, 5.74) is 0.523. The third-order valence-electron chi connectivity index (χ3n) is 2.93. The molecule has 0 spiro atoms. The number of rotatable bonds is 3. The van der Waals surface area contributed by atoms with Crippen LogP contribution >= 0.6 is 0 Å². The summed E-state index contributed by atoms with van der Waals surface area (Å²) in [7, 11) is 0. The number of aliphatic hydroxyl groups excluding tert-OH is 1. The SMILES string of the molecule is Cc1nn([C@H]2C[C@H](CO)C2)cc1[N+](=O)[O-]. The van der Waals surface area contributed by atoms with Crippen LogP contribution in [0.4, 0.5) is 5.69 Å². The molecule has 1 aliphatic rings. The highest BCUT2D eigenvalue weighted by Gasteiger charge is 2.32. The number of aromatic nitrogens is 2. The molecule has 1 fully saturated rings. The molecular weight excluding hydrogens is 198 g/mol. The summed E-state index contributed by atoms with van der Waals surface area (Å²) in [6.07, 6.45) is 3.19. The zero-order chi connectivity index (χ0) is 11.0. The van der Waals surface area contributed by atoms with Crippen molar-refractivity contribution in [3.63, 3.8) is 0 Å². The Bertz CT molecular complexity index is 382. The summed E-state index contributed by atoms with van der Waals surface area (Å²) < 4.78 is 1.65. The van der Waals surface area contributed by atoms with Crippen LogP contribution in [0.1, 0.15) is 24.6 Å². The molecule has 1 heterocycles. The Kier molecular flexibility index (Phi) is 2.44. The van der Waals surface area contributed by atoms with Crippen LogP contribution in [0.3, 0.4) is 0 Å². The van der Waals surface area contributed by atoms with Gasteiger partial charge in [0.25, 0.3) is 0 Å². The molecule has 0 radical (unpaired) electrons. The summed E-state index contributed by atoms with van der Waals surface area (Å²) in [5, 5.41) is 23.6. The van der Waals surface area contributed by atoms with Gasteiger partial charge in [0.15, 0.2) is 0 Å². The van der Waals surface area contributed by atoms with Gasteiger partial charge < -0.3 is 5.11 Å². The zero-order valence-corrected chi connectivity index (χ0v) is 8.46. The zero-order valence-electron chi connectivity index (χ0n) is 8.46. The number of aryl methyl sites for hydroxylation is 1. The van der Waals surface area contributed by atoms with Crippen molar-refractivity contribution in [2.45, 2.75) is 25.8 Å². The van der Waals surface area contributed by atoms with E-state index in [-0.39, 0.29) is 18.3 Å². The average Bonchev–Trinajstić information content (AvgIpc) is 2.45. The maximum absolute atomic E-state index is 10.6. The second kappa shape index (κ2) is 3.62. The lowest BCUT2D eigenvalue weighted by Crippen LogP contribution is -2.29. The number of hydrogen-bond acceptors (Lipinski definition) is 4. The molecule has 0 aromatic carbocycles. The monoisotopic (exact) mass is 211 g/mol. The Morgan fingerprint density at radius 1 is 1.73 bits per heavy atom. The van der Waals surface area contributed by atoms with E-state index in [4.69, 9.17) is 5.11 Å². The Balaban J connectivity index is 2.11. The Morgan fingerprint density at radius 3 is 2.87 bits per heavy atom. The lowest BCUT2D eigenvalue weighted by atomic mass is 9.81. The molecule has 0 saturated heterocycles. The maximum Gasteiger partial charge on any atom is 0.309 e. The molecule has 2 rings (SSSR count). The first kappa shape index (κ1) is 10.1. The van der Waals surface area contributed by atoms with Gasteiger partial charge in [-0.15, -0.1) is 0 Å². The lowest BCUT2D eigenvalue weighted by Gasteiger charge is -2.33. The summed E-state index contributed by atoms with van der Waals surface area (Å²) in [6, 6.07) is 0.217. The van der Waals surface area contributed by atoms with Crippen molar-refractivity contribution in [3.05, 3.63) is 22.0 Å². The van der Waals surface area contributed by atoms with E-state index in [1.807, 2.05) is 0 Å². The van der Waals surface area contributed by atoms with E-state index in [1.165, 1.54) is 6.20 Å². The summed E-state index contributed by atoms with van der Waals surface area (Å²) >= 11 is 0. The fourth-order valence-corrected chi connectivity index (χ4v) is 1.90. The van der Waals surface area contributed by atoms with Crippen LogP contribution in [0.5, 0.6) is 0 Å².